The Morgan fingerprint density at radius 3 is 2.19 bits per heavy atom. The molecule has 0 unspecified atom stereocenters. The SMILES string of the molecule is Cn1nc(C(F)(F)C(F)(F)F)c(C(F)(F)F)c1C(=O)Nc1cccc(C(=O)NC2CC2)c1. The van der Waals surface area contributed by atoms with E-state index >= 15 is 0 Å². The van der Waals surface area contributed by atoms with E-state index in [2.05, 4.69) is 10.4 Å². The minimum atomic E-state index is -6.38. The summed E-state index contributed by atoms with van der Waals surface area (Å²) in [5.41, 5.74) is -6.83. The number of alkyl halides is 8. The van der Waals surface area contributed by atoms with Crippen molar-refractivity contribution in [1.29, 1.82) is 0 Å². The van der Waals surface area contributed by atoms with Gasteiger partial charge >= 0.3 is 18.3 Å². The molecule has 1 aromatic heterocycles. The highest BCUT2D eigenvalue weighted by molar-refractivity contribution is 6.05. The number of halogens is 8. The molecule has 2 N–H and O–H groups in total. The predicted molar refractivity (Wildman–Crippen MR) is 93.0 cm³/mol. The monoisotopic (exact) mass is 470 g/mol. The number of carbonyl (C=O) groups excluding carboxylic acids is 2. The molecular weight excluding hydrogens is 456 g/mol. The number of aryl methyl sites for hydroxylation is 1. The maximum absolute atomic E-state index is 13.7. The molecule has 0 aliphatic heterocycles. The Morgan fingerprint density at radius 1 is 1.03 bits per heavy atom. The third-order valence-electron chi connectivity index (χ3n) is 4.49. The predicted octanol–water partition coefficient (Wildman–Crippen LogP) is 4.24. The first-order valence-corrected chi connectivity index (χ1v) is 8.94. The number of anilines is 1. The lowest BCUT2D eigenvalue weighted by atomic mass is 10.1. The minimum absolute atomic E-state index is 0.00162. The van der Waals surface area contributed by atoms with Gasteiger partial charge in [0.15, 0.2) is 5.69 Å². The number of nitrogens with one attached hydrogen (secondary N) is 2. The van der Waals surface area contributed by atoms with Crippen molar-refractivity contribution < 1.29 is 44.7 Å². The van der Waals surface area contributed by atoms with Gasteiger partial charge in [-0.25, -0.2) is 0 Å². The van der Waals surface area contributed by atoms with Crippen molar-refractivity contribution in [3.63, 3.8) is 0 Å². The second-order valence-corrected chi connectivity index (χ2v) is 7.05. The van der Waals surface area contributed by atoms with E-state index in [1.165, 1.54) is 18.2 Å². The molecule has 32 heavy (non-hydrogen) atoms. The molecule has 2 amide bonds. The number of hydrogen-bond donors (Lipinski definition) is 2. The summed E-state index contributed by atoms with van der Waals surface area (Å²) in [6.45, 7) is 0. The van der Waals surface area contributed by atoms with Gasteiger partial charge in [-0.1, -0.05) is 6.07 Å². The molecule has 174 valence electrons. The van der Waals surface area contributed by atoms with Crippen molar-refractivity contribution in [1.82, 2.24) is 15.1 Å². The normalized spacial score (nSPS) is 14.9. The molecule has 0 bridgehead atoms. The second kappa shape index (κ2) is 7.74. The molecule has 0 atom stereocenters. The quantitative estimate of drug-likeness (QED) is 0.643. The van der Waals surface area contributed by atoms with Gasteiger partial charge in [-0.2, -0.15) is 40.2 Å². The number of benzene rings is 1. The first kappa shape index (κ1) is 23.5. The zero-order valence-corrected chi connectivity index (χ0v) is 16.0. The van der Waals surface area contributed by atoms with E-state index in [-0.39, 0.29) is 22.0 Å². The van der Waals surface area contributed by atoms with Gasteiger partial charge in [-0.15, -0.1) is 0 Å². The zero-order valence-electron chi connectivity index (χ0n) is 16.0. The molecule has 0 radical (unpaired) electrons. The average molecular weight is 470 g/mol. The molecule has 2 aromatic rings. The van der Waals surface area contributed by atoms with Crippen LogP contribution in [0.25, 0.3) is 0 Å². The van der Waals surface area contributed by atoms with E-state index in [9.17, 15) is 44.7 Å². The van der Waals surface area contributed by atoms with Crippen molar-refractivity contribution >= 4 is 17.5 Å². The molecule has 6 nitrogen and oxygen atoms in total. The molecule has 0 saturated heterocycles. The highest BCUT2D eigenvalue weighted by Crippen LogP contribution is 2.48. The van der Waals surface area contributed by atoms with Crippen LogP contribution in [0.5, 0.6) is 0 Å². The maximum atomic E-state index is 13.7. The highest BCUT2D eigenvalue weighted by Gasteiger charge is 2.64. The Bertz CT molecular complexity index is 1050. The van der Waals surface area contributed by atoms with Crippen LogP contribution in [-0.4, -0.2) is 33.8 Å². The Labute approximate surface area is 174 Å². The third kappa shape index (κ3) is 4.53. The van der Waals surface area contributed by atoms with Crippen molar-refractivity contribution in [3.8, 4) is 0 Å². The van der Waals surface area contributed by atoms with Crippen molar-refractivity contribution in [2.24, 2.45) is 7.05 Å². The van der Waals surface area contributed by atoms with Crippen LogP contribution in [0.4, 0.5) is 40.8 Å². The fraction of sp³-hybridized carbons (Fsp3) is 0.389. The van der Waals surface area contributed by atoms with Crippen LogP contribution in [0, 0.1) is 0 Å². The Kier molecular flexibility index (Phi) is 5.68. The molecule has 1 heterocycles. The topological polar surface area (TPSA) is 76.0 Å². The number of amides is 2. The van der Waals surface area contributed by atoms with Crippen molar-refractivity contribution in [2.75, 3.05) is 5.32 Å². The van der Waals surface area contributed by atoms with Gasteiger partial charge in [0.2, 0.25) is 0 Å². The van der Waals surface area contributed by atoms with Gasteiger partial charge in [0.05, 0.1) is 0 Å². The summed E-state index contributed by atoms with van der Waals surface area (Å²) in [6.07, 6.45) is -10.6. The number of nitrogens with zero attached hydrogens (tertiary/aromatic N) is 2. The molecule has 1 aliphatic rings. The molecule has 14 heteroatoms. The summed E-state index contributed by atoms with van der Waals surface area (Å²) in [4.78, 5) is 24.5. The first-order chi connectivity index (χ1) is 14.6. The third-order valence-corrected chi connectivity index (χ3v) is 4.49. The summed E-state index contributed by atoms with van der Waals surface area (Å²) in [5.74, 6) is -8.11. The van der Waals surface area contributed by atoms with Crippen LogP contribution >= 0.6 is 0 Å². The molecule has 3 rings (SSSR count). The number of hydrogen-bond acceptors (Lipinski definition) is 3. The summed E-state index contributed by atoms with van der Waals surface area (Å²) < 4.78 is 106. The van der Waals surface area contributed by atoms with Gasteiger partial charge in [-0.05, 0) is 31.0 Å². The van der Waals surface area contributed by atoms with E-state index < -0.39 is 47.0 Å². The molecule has 1 saturated carbocycles. The van der Waals surface area contributed by atoms with Crippen molar-refractivity contribution in [2.45, 2.75) is 37.2 Å². The lowest BCUT2D eigenvalue weighted by Crippen LogP contribution is -2.36. The molecule has 1 fully saturated rings. The number of rotatable bonds is 5. The molecule has 1 aliphatic carbocycles. The second-order valence-electron chi connectivity index (χ2n) is 7.05. The van der Waals surface area contributed by atoms with Gasteiger partial charge < -0.3 is 10.6 Å². The van der Waals surface area contributed by atoms with E-state index in [0.717, 1.165) is 18.9 Å². The Hall–Kier alpha value is -3.19. The van der Waals surface area contributed by atoms with Crippen LogP contribution < -0.4 is 10.6 Å². The van der Waals surface area contributed by atoms with Gasteiger partial charge in [0.1, 0.15) is 11.3 Å². The Morgan fingerprint density at radius 2 is 1.66 bits per heavy atom. The van der Waals surface area contributed by atoms with Crippen LogP contribution in [0.2, 0.25) is 0 Å². The fourth-order valence-corrected chi connectivity index (χ4v) is 2.83. The number of carbonyl (C=O) groups is 2. The maximum Gasteiger partial charge on any atom is 0.459 e. The van der Waals surface area contributed by atoms with Gasteiger partial charge in [0, 0.05) is 24.3 Å². The van der Waals surface area contributed by atoms with Gasteiger partial charge in [0.25, 0.3) is 11.8 Å². The van der Waals surface area contributed by atoms with E-state index in [1.54, 1.807) is 0 Å². The summed E-state index contributed by atoms with van der Waals surface area (Å²) >= 11 is 0. The molecular formula is C18H14F8N4O2. The molecule has 0 spiro atoms. The summed E-state index contributed by atoms with van der Waals surface area (Å²) in [7, 11) is 0.625. The van der Waals surface area contributed by atoms with E-state index in [4.69, 9.17) is 0 Å². The largest absolute Gasteiger partial charge is 0.459 e. The first-order valence-electron chi connectivity index (χ1n) is 8.94. The van der Waals surface area contributed by atoms with Gasteiger partial charge in [-0.3, -0.25) is 14.3 Å². The standard InChI is InChI=1S/C18H14F8N4O2/c1-30-12(11(17(21,22)23)13(29-30)16(19,20)18(24,25)26)15(32)28-10-4-2-3-8(7-10)14(31)27-9-5-6-9/h2-4,7,9H,5-6H2,1H3,(H,27,31)(H,28,32). The lowest BCUT2D eigenvalue weighted by Gasteiger charge is -2.19. The van der Waals surface area contributed by atoms with Crippen molar-refractivity contribution in [3.05, 3.63) is 46.8 Å². The number of aromatic nitrogens is 2. The van der Waals surface area contributed by atoms with Crippen LogP contribution in [0.15, 0.2) is 24.3 Å². The van der Waals surface area contributed by atoms with Crippen LogP contribution in [0.1, 0.15) is 44.9 Å². The lowest BCUT2D eigenvalue weighted by molar-refractivity contribution is -0.292. The van der Waals surface area contributed by atoms with E-state index in [0.29, 0.717) is 7.05 Å². The molecule has 1 aromatic carbocycles. The van der Waals surface area contributed by atoms with E-state index in [1.807, 2.05) is 5.32 Å². The Balaban J connectivity index is 1.98. The smallest absolute Gasteiger partial charge is 0.349 e. The average Bonchev–Trinajstić information content (AvgIpc) is 3.38. The summed E-state index contributed by atoms with van der Waals surface area (Å²) in [5, 5.41) is 7.29. The van der Waals surface area contributed by atoms with Crippen LogP contribution in [0.3, 0.4) is 0 Å². The highest BCUT2D eigenvalue weighted by atomic mass is 19.4. The summed E-state index contributed by atoms with van der Waals surface area (Å²) in [6, 6.07) is 4.97. The minimum Gasteiger partial charge on any atom is -0.349 e. The fourth-order valence-electron chi connectivity index (χ4n) is 2.83. The zero-order chi connectivity index (χ0) is 24.1. The van der Waals surface area contributed by atoms with Crippen LogP contribution in [-0.2, 0) is 19.1 Å².